The minimum absolute atomic E-state index is 0.139. The molecule has 0 radical (unpaired) electrons. The second-order valence-electron chi connectivity index (χ2n) is 5.64. The highest BCUT2D eigenvalue weighted by atomic mass is 19.1. The molecule has 0 aliphatic carbocycles. The summed E-state index contributed by atoms with van der Waals surface area (Å²) in [5.74, 6) is 0.417. The van der Waals surface area contributed by atoms with Crippen LogP contribution in [0.3, 0.4) is 0 Å². The predicted molar refractivity (Wildman–Crippen MR) is 86.9 cm³/mol. The number of rotatable bonds is 8. The second-order valence-corrected chi connectivity index (χ2v) is 5.64. The first-order valence-corrected chi connectivity index (χ1v) is 7.71. The van der Waals surface area contributed by atoms with Crippen LogP contribution in [0.1, 0.15) is 24.0 Å². The lowest BCUT2D eigenvalue weighted by atomic mass is 9.93. The van der Waals surface area contributed by atoms with Crippen molar-refractivity contribution >= 4 is 0 Å². The highest BCUT2D eigenvalue weighted by Crippen LogP contribution is 2.16. The fourth-order valence-corrected chi connectivity index (χ4v) is 2.80. The molecule has 2 heteroatoms. The molecule has 0 saturated heterocycles. The quantitative estimate of drug-likeness (QED) is 0.765. The molecule has 0 aliphatic rings. The van der Waals surface area contributed by atoms with Gasteiger partial charge < -0.3 is 5.32 Å². The molecule has 0 spiro atoms. The molecule has 1 atom stereocenters. The van der Waals surface area contributed by atoms with Gasteiger partial charge in [-0.25, -0.2) is 4.39 Å². The maximum atomic E-state index is 13.3. The van der Waals surface area contributed by atoms with Gasteiger partial charge in [0.25, 0.3) is 0 Å². The van der Waals surface area contributed by atoms with Crippen LogP contribution < -0.4 is 5.32 Å². The molecular weight excluding hydrogens is 261 g/mol. The summed E-state index contributed by atoms with van der Waals surface area (Å²) >= 11 is 0. The Morgan fingerprint density at radius 3 is 2.48 bits per heavy atom. The normalized spacial score (nSPS) is 12.3. The van der Waals surface area contributed by atoms with Crippen LogP contribution in [0.2, 0.25) is 0 Å². The van der Waals surface area contributed by atoms with Crippen molar-refractivity contribution in [1.82, 2.24) is 5.32 Å². The van der Waals surface area contributed by atoms with Gasteiger partial charge in [0.2, 0.25) is 0 Å². The van der Waals surface area contributed by atoms with E-state index in [0.29, 0.717) is 5.92 Å². The van der Waals surface area contributed by atoms with Gasteiger partial charge in [-0.05, 0) is 68.5 Å². The van der Waals surface area contributed by atoms with E-state index < -0.39 is 0 Å². The van der Waals surface area contributed by atoms with E-state index in [1.54, 1.807) is 12.1 Å². The van der Waals surface area contributed by atoms with E-state index >= 15 is 0 Å². The van der Waals surface area contributed by atoms with Crippen molar-refractivity contribution in [2.24, 2.45) is 5.92 Å². The molecular formula is C19H24FN. The summed E-state index contributed by atoms with van der Waals surface area (Å²) in [5, 5.41) is 3.26. The Labute approximate surface area is 127 Å². The van der Waals surface area contributed by atoms with Crippen LogP contribution in [-0.2, 0) is 12.8 Å². The Bertz CT molecular complexity index is 524. The van der Waals surface area contributed by atoms with Gasteiger partial charge in [0, 0.05) is 0 Å². The highest BCUT2D eigenvalue weighted by Gasteiger charge is 2.09. The van der Waals surface area contributed by atoms with Crippen LogP contribution in [0.5, 0.6) is 0 Å². The van der Waals surface area contributed by atoms with E-state index in [2.05, 4.69) is 35.6 Å². The summed E-state index contributed by atoms with van der Waals surface area (Å²) in [6.07, 6.45) is 4.38. The molecule has 2 aromatic carbocycles. The number of benzene rings is 2. The standard InChI is InChI=1S/C19H24FN/c1-21-15-18(13-17-10-6-12-19(20)14-17)11-5-9-16-7-3-2-4-8-16/h2-4,6-8,10,12,14,18,21H,5,9,11,13,15H2,1H3. The van der Waals surface area contributed by atoms with Crippen LogP contribution in [-0.4, -0.2) is 13.6 Å². The maximum absolute atomic E-state index is 13.3. The van der Waals surface area contributed by atoms with Crippen molar-refractivity contribution in [3.05, 3.63) is 71.5 Å². The first-order valence-electron chi connectivity index (χ1n) is 7.71. The van der Waals surface area contributed by atoms with Crippen molar-refractivity contribution in [2.45, 2.75) is 25.7 Å². The highest BCUT2D eigenvalue weighted by molar-refractivity contribution is 5.17. The average molecular weight is 285 g/mol. The summed E-state index contributed by atoms with van der Waals surface area (Å²) in [7, 11) is 1.98. The lowest BCUT2D eigenvalue weighted by Crippen LogP contribution is -2.21. The molecule has 21 heavy (non-hydrogen) atoms. The second kappa shape index (κ2) is 8.58. The predicted octanol–water partition coefficient (Wildman–Crippen LogP) is 4.23. The summed E-state index contributed by atoms with van der Waals surface area (Å²) < 4.78 is 13.3. The van der Waals surface area contributed by atoms with E-state index in [9.17, 15) is 4.39 Å². The van der Waals surface area contributed by atoms with Gasteiger partial charge in [0.1, 0.15) is 5.82 Å². The molecule has 1 unspecified atom stereocenters. The molecule has 112 valence electrons. The molecule has 2 aromatic rings. The topological polar surface area (TPSA) is 12.0 Å². The third-order valence-electron chi connectivity index (χ3n) is 3.83. The summed E-state index contributed by atoms with van der Waals surface area (Å²) in [6, 6.07) is 17.6. The van der Waals surface area contributed by atoms with Crippen LogP contribution in [0.25, 0.3) is 0 Å². The summed E-state index contributed by atoms with van der Waals surface area (Å²) in [6.45, 7) is 0.977. The Morgan fingerprint density at radius 2 is 1.76 bits per heavy atom. The van der Waals surface area contributed by atoms with E-state index in [0.717, 1.165) is 31.4 Å². The van der Waals surface area contributed by atoms with Gasteiger partial charge >= 0.3 is 0 Å². The van der Waals surface area contributed by atoms with Crippen LogP contribution >= 0.6 is 0 Å². The van der Waals surface area contributed by atoms with Crippen molar-refractivity contribution in [2.75, 3.05) is 13.6 Å². The Hall–Kier alpha value is -1.67. The first kappa shape index (κ1) is 15.7. The monoisotopic (exact) mass is 285 g/mol. The molecule has 1 nitrogen and oxygen atoms in total. The minimum Gasteiger partial charge on any atom is -0.319 e. The third-order valence-corrected chi connectivity index (χ3v) is 3.83. The summed E-state index contributed by atoms with van der Waals surface area (Å²) in [5.41, 5.74) is 2.49. The number of nitrogens with one attached hydrogen (secondary N) is 1. The van der Waals surface area contributed by atoms with E-state index in [-0.39, 0.29) is 5.82 Å². The SMILES string of the molecule is CNCC(CCCc1ccccc1)Cc1cccc(F)c1. The zero-order valence-corrected chi connectivity index (χ0v) is 12.7. The molecule has 2 rings (SSSR count). The number of aryl methyl sites for hydroxylation is 1. The molecule has 0 aromatic heterocycles. The van der Waals surface area contributed by atoms with E-state index in [4.69, 9.17) is 0 Å². The zero-order valence-electron chi connectivity index (χ0n) is 12.7. The number of hydrogen-bond donors (Lipinski definition) is 1. The largest absolute Gasteiger partial charge is 0.319 e. The first-order chi connectivity index (χ1) is 10.3. The fourth-order valence-electron chi connectivity index (χ4n) is 2.80. The average Bonchev–Trinajstić information content (AvgIpc) is 2.48. The molecule has 0 fully saturated rings. The van der Waals surface area contributed by atoms with Crippen LogP contribution in [0.15, 0.2) is 54.6 Å². The zero-order chi connectivity index (χ0) is 14.9. The Kier molecular flexibility index (Phi) is 6.42. The number of hydrogen-bond acceptors (Lipinski definition) is 1. The molecule has 0 amide bonds. The van der Waals surface area contributed by atoms with Crippen LogP contribution in [0.4, 0.5) is 4.39 Å². The van der Waals surface area contributed by atoms with Gasteiger partial charge in [0.05, 0.1) is 0 Å². The van der Waals surface area contributed by atoms with Crippen LogP contribution in [0, 0.1) is 11.7 Å². The van der Waals surface area contributed by atoms with Gasteiger partial charge in [-0.15, -0.1) is 0 Å². The maximum Gasteiger partial charge on any atom is 0.123 e. The number of halogens is 1. The van der Waals surface area contributed by atoms with E-state index in [1.807, 2.05) is 13.1 Å². The Morgan fingerprint density at radius 1 is 1.00 bits per heavy atom. The van der Waals surface area contributed by atoms with Crippen molar-refractivity contribution < 1.29 is 4.39 Å². The lowest BCUT2D eigenvalue weighted by molar-refractivity contribution is 0.446. The molecule has 0 saturated carbocycles. The third kappa shape index (κ3) is 5.68. The van der Waals surface area contributed by atoms with E-state index in [1.165, 1.54) is 18.1 Å². The van der Waals surface area contributed by atoms with Crippen molar-refractivity contribution in [1.29, 1.82) is 0 Å². The lowest BCUT2D eigenvalue weighted by Gasteiger charge is -2.16. The molecule has 0 bridgehead atoms. The minimum atomic E-state index is -0.139. The van der Waals surface area contributed by atoms with Gasteiger partial charge in [-0.3, -0.25) is 0 Å². The molecule has 0 heterocycles. The van der Waals surface area contributed by atoms with Gasteiger partial charge in [-0.2, -0.15) is 0 Å². The van der Waals surface area contributed by atoms with Gasteiger partial charge in [0.15, 0.2) is 0 Å². The summed E-state index contributed by atoms with van der Waals surface area (Å²) in [4.78, 5) is 0. The fraction of sp³-hybridized carbons (Fsp3) is 0.368. The van der Waals surface area contributed by atoms with Crippen molar-refractivity contribution in [3.8, 4) is 0 Å². The smallest absolute Gasteiger partial charge is 0.123 e. The molecule has 1 N–H and O–H groups in total. The molecule has 0 aliphatic heterocycles. The van der Waals surface area contributed by atoms with Crippen molar-refractivity contribution in [3.63, 3.8) is 0 Å². The van der Waals surface area contributed by atoms with Gasteiger partial charge in [-0.1, -0.05) is 42.5 Å². The Balaban J connectivity index is 1.84.